The Balaban J connectivity index is 2.03. The van der Waals surface area contributed by atoms with Crippen LogP contribution >= 0.6 is 0 Å². The van der Waals surface area contributed by atoms with Crippen LogP contribution in [0, 0.1) is 10.1 Å². The highest BCUT2D eigenvalue weighted by atomic mass is 19.3. The summed E-state index contributed by atoms with van der Waals surface area (Å²) in [6.07, 6.45) is -2.90. The average Bonchev–Trinajstić information content (AvgIpc) is 3.01. The number of alkyl halides is 2. The molecule has 0 radical (unpaired) electrons. The van der Waals surface area contributed by atoms with Crippen LogP contribution in [0.4, 0.5) is 14.7 Å². The van der Waals surface area contributed by atoms with Gasteiger partial charge in [0, 0.05) is 23.7 Å². The number of rotatable bonds is 5. The Morgan fingerprint density at radius 3 is 2.86 bits per heavy atom. The zero-order chi connectivity index (χ0) is 16.5. The number of nitrogens with zero attached hydrogens (tertiary/aromatic N) is 6. The Kier molecular flexibility index (Phi) is 4.12. The molecule has 0 saturated heterocycles. The molecule has 1 aliphatic rings. The molecular weight excluding hydrogens is 306 g/mol. The number of amides is 1. The Morgan fingerprint density at radius 1 is 1.64 bits per heavy atom. The molecule has 1 amide bonds. The maximum Gasteiger partial charge on any atom is 0.490 e. The first-order chi connectivity index (χ1) is 10.2. The first kappa shape index (κ1) is 15.9. The van der Waals surface area contributed by atoms with Gasteiger partial charge in [0.05, 0.1) is 6.54 Å². The molecule has 1 N–H and O–H groups in total. The van der Waals surface area contributed by atoms with E-state index in [0.717, 1.165) is 11.0 Å². The van der Waals surface area contributed by atoms with Crippen molar-refractivity contribution in [3.05, 3.63) is 16.4 Å². The largest absolute Gasteiger partial charge is 0.490 e. The summed E-state index contributed by atoms with van der Waals surface area (Å²) in [4.78, 5) is 25.0. The van der Waals surface area contributed by atoms with Gasteiger partial charge in [0.1, 0.15) is 0 Å². The van der Waals surface area contributed by atoms with Crippen LogP contribution in [0.3, 0.4) is 0 Å². The molecule has 22 heavy (non-hydrogen) atoms. The van der Waals surface area contributed by atoms with Gasteiger partial charge in [-0.1, -0.05) is 4.98 Å². The van der Waals surface area contributed by atoms with E-state index in [9.17, 15) is 28.8 Å². The number of carbonyl (C=O) groups excluding carboxylic acids is 1. The topological polar surface area (TPSA) is 127 Å². The van der Waals surface area contributed by atoms with Gasteiger partial charge in [-0.15, -0.1) is 0 Å². The lowest BCUT2D eigenvalue weighted by molar-refractivity contribution is -0.394. The molecular formula is C10H12F2N6O4. The van der Waals surface area contributed by atoms with Crippen LogP contribution in [0.5, 0.6) is 0 Å². The second-order valence-electron chi connectivity index (χ2n) is 4.71. The molecule has 0 fully saturated rings. The molecule has 10 nitrogen and oxygen atoms in total. The molecule has 0 aromatic carbocycles. The number of aliphatic hydroxyl groups is 1. The van der Waals surface area contributed by atoms with Gasteiger partial charge in [0.25, 0.3) is 6.43 Å². The highest BCUT2D eigenvalue weighted by Gasteiger charge is 2.50. The molecule has 2 rings (SSSR count). The van der Waals surface area contributed by atoms with Gasteiger partial charge in [0.2, 0.25) is 18.0 Å². The Hall–Kier alpha value is -2.50. The van der Waals surface area contributed by atoms with E-state index in [-0.39, 0.29) is 18.7 Å². The van der Waals surface area contributed by atoms with Crippen LogP contribution in [0.25, 0.3) is 0 Å². The minimum absolute atomic E-state index is 0.121. The average molecular weight is 318 g/mol. The van der Waals surface area contributed by atoms with Crippen molar-refractivity contribution in [3.63, 3.8) is 0 Å². The van der Waals surface area contributed by atoms with Gasteiger partial charge in [-0.05, 0) is 11.8 Å². The Bertz CT molecular complexity index is 633. The van der Waals surface area contributed by atoms with Crippen LogP contribution in [-0.2, 0) is 11.3 Å². The van der Waals surface area contributed by atoms with Crippen LogP contribution in [0.1, 0.15) is 19.8 Å². The summed E-state index contributed by atoms with van der Waals surface area (Å²) in [5.74, 6) is -1.48. The van der Waals surface area contributed by atoms with Gasteiger partial charge in [-0.2, -0.15) is 14.8 Å². The third kappa shape index (κ3) is 2.90. The molecule has 0 unspecified atom stereocenters. The summed E-state index contributed by atoms with van der Waals surface area (Å²) in [6, 6.07) is 0. The number of hydrogen-bond acceptors (Lipinski definition) is 7. The highest BCUT2D eigenvalue weighted by Crippen LogP contribution is 2.31. The lowest BCUT2D eigenvalue weighted by Gasteiger charge is -2.29. The standard InChI is InChI=1S/C10H12F2N6O4/c1-6-4-10(20,8(11)12)17(14-6)7(19)2-3-16-5-13-9(15-16)18(21)22/h5,8,20H,2-4H2,1H3/t10-/m0/s1. The first-order valence-corrected chi connectivity index (χ1v) is 6.15. The van der Waals surface area contributed by atoms with E-state index in [2.05, 4.69) is 15.2 Å². The van der Waals surface area contributed by atoms with E-state index in [1.807, 2.05) is 0 Å². The first-order valence-electron chi connectivity index (χ1n) is 6.15. The summed E-state index contributed by atoms with van der Waals surface area (Å²) in [6.45, 7) is 1.30. The number of aromatic nitrogens is 3. The lowest BCUT2D eigenvalue weighted by atomic mass is 10.1. The van der Waals surface area contributed by atoms with Crippen LogP contribution < -0.4 is 0 Å². The van der Waals surface area contributed by atoms with Crippen LogP contribution in [-0.4, -0.2) is 53.6 Å². The molecule has 0 aliphatic carbocycles. The fourth-order valence-corrected chi connectivity index (χ4v) is 1.98. The van der Waals surface area contributed by atoms with E-state index in [1.165, 1.54) is 6.92 Å². The van der Waals surface area contributed by atoms with Crippen molar-refractivity contribution < 1.29 is 23.6 Å². The van der Waals surface area contributed by atoms with E-state index < -0.39 is 35.4 Å². The van der Waals surface area contributed by atoms with Crippen molar-refractivity contribution in [2.24, 2.45) is 5.10 Å². The quantitative estimate of drug-likeness (QED) is 0.607. The molecule has 0 saturated carbocycles. The Labute approximate surface area is 122 Å². The number of halogens is 2. The smallest absolute Gasteiger partial charge is 0.390 e. The molecule has 0 spiro atoms. The summed E-state index contributed by atoms with van der Waals surface area (Å²) < 4.78 is 26.9. The number of aryl methyl sites for hydroxylation is 1. The molecule has 1 aromatic heterocycles. The molecule has 1 aliphatic heterocycles. The van der Waals surface area contributed by atoms with E-state index in [0.29, 0.717) is 5.01 Å². The zero-order valence-corrected chi connectivity index (χ0v) is 11.4. The van der Waals surface area contributed by atoms with Gasteiger partial charge in [-0.3, -0.25) is 4.79 Å². The summed E-state index contributed by atoms with van der Waals surface area (Å²) in [5, 5.41) is 27.7. The minimum Gasteiger partial charge on any atom is -0.390 e. The molecule has 120 valence electrons. The van der Waals surface area contributed by atoms with Crippen molar-refractivity contribution in [1.82, 2.24) is 19.8 Å². The highest BCUT2D eigenvalue weighted by molar-refractivity contribution is 5.88. The normalized spacial score (nSPS) is 21.3. The summed E-state index contributed by atoms with van der Waals surface area (Å²) >= 11 is 0. The van der Waals surface area contributed by atoms with E-state index in [1.54, 1.807) is 0 Å². The van der Waals surface area contributed by atoms with Gasteiger partial charge >= 0.3 is 5.95 Å². The third-order valence-electron chi connectivity index (χ3n) is 2.98. The van der Waals surface area contributed by atoms with E-state index >= 15 is 0 Å². The molecule has 1 aromatic rings. The Morgan fingerprint density at radius 2 is 2.32 bits per heavy atom. The maximum absolute atomic E-state index is 12.9. The molecule has 2 heterocycles. The molecule has 12 heteroatoms. The van der Waals surface area contributed by atoms with Crippen molar-refractivity contribution >= 4 is 17.6 Å². The van der Waals surface area contributed by atoms with Crippen molar-refractivity contribution in [1.29, 1.82) is 0 Å². The number of hydrogen-bond donors (Lipinski definition) is 1. The van der Waals surface area contributed by atoms with Crippen LogP contribution in [0.2, 0.25) is 0 Å². The predicted octanol–water partition coefficient (Wildman–Crippen LogP) is 0.138. The SMILES string of the molecule is CC1=NN(C(=O)CCn2cnc([N+](=O)[O-])n2)[C@@](O)(C(F)F)C1. The van der Waals surface area contributed by atoms with Gasteiger partial charge in [-0.25, -0.2) is 8.78 Å². The number of hydrazone groups is 1. The van der Waals surface area contributed by atoms with Crippen molar-refractivity contribution in [2.45, 2.75) is 38.5 Å². The fraction of sp³-hybridized carbons (Fsp3) is 0.600. The van der Waals surface area contributed by atoms with E-state index in [4.69, 9.17) is 0 Å². The second kappa shape index (κ2) is 5.71. The zero-order valence-electron chi connectivity index (χ0n) is 11.4. The third-order valence-corrected chi connectivity index (χ3v) is 2.98. The fourth-order valence-electron chi connectivity index (χ4n) is 1.98. The molecule has 0 bridgehead atoms. The van der Waals surface area contributed by atoms with Crippen LogP contribution in [0.15, 0.2) is 11.4 Å². The maximum atomic E-state index is 12.9. The second-order valence-corrected chi connectivity index (χ2v) is 4.71. The lowest BCUT2D eigenvalue weighted by Crippen LogP contribution is -2.51. The number of carbonyl (C=O) groups is 1. The van der Waals surface area contributed by atoms with Crippen molar-refractivity contribution in [2.75, 3.05) is 0 Å². The summed E-state index contributed by atoms with van der Waals surface area (Å²) in [5.41, 5.74) is -2.46. The van der Waals surface area contributed by atoms with Crippen molar-refractivity contribution in [3.8, 4) is 0 Å². The summed E-state index contributed by atoms with van der Waals surface area (Å²) in [7, 11) is 0. The minimum atomic E-state index is -3.18. The monoisotopic (exact) mass is 318 g/mol. The predicted molar refractivity (Wildman–Crippen MR) is 66.8 cm³/mol. The number of nitro groups is 1. The van der Waals surface area contributed by atoms with Gasteiger partial charge in [0.15, 0.2) is 0 Å². The molecule has 1 atom stereocenters. The van der Waals surface area contributed by atoms with Gasteiger partial charge < -0.3 is 15.2 Å².